The Labute approximate surface area is 204 Å². The van der Waals surface area contributed by atoms with Gasteiger partial charge in [0, 0.05) is 36.1 Å². The van der Waals surface area contributed by atoms with Gasteiger partial charge >= 0.3 is 0 Å². The average molecular weight is 469 g/mol. The van der Waals surface area contributed by atoms with Crippen molar-refractivity contribution in [3.8, 4) is 11.1 Å². The summed E-state index contributed by atoms with van der Waals surface area (Å²) in [7, 11) is 0. The first-order valence-electron chi connectivity index (χ1n) is 11.7. The average Bonchev–Trinajstić information content (AvgIpc) is 2.85. The number of fused-ring (bicyclic) bond motifs is 2. The summed E-state index contributed by atoms with van der Waals surface area (Å²) < 4.78 is 0. The van der Waals surface area contributed by atoms with E-state index in [0.717, 1.165) is 58.6 Å². The van der Waals surface area contributed by atoms with Gasteiger partial charge in [-0.1, -0.05) is 59.6 Å². The highest BCUT2D eigenvalue weighted by molar-refractivity contribution is 6.31. The largest absolute Gasteiger partial charge is 0.350 e. The van der Waals surface area contributed by atoms with Crippen molar-refractivity contribution >= 4 is 34.4 Å². The van der Waals surface area contributed by atoms with Crippen LogP contribution in [-0.2, 0) is 0 Å². The van der Waals surface area contributed by atoms with Gasteiger partial charge in [-0.25, -0.2) is 4.98 Å². The number of hydrogen-bond acceptors (Lipinski definition) is 4. The number of aromatic nitrogens is 2. The van der Waals surface area contributed by atoms with E-state index in [4.69, 9.17) is 16.6 Å². The van der Waals surface area contributed by atoms with Crippen LogP contribution < -0.4 is 4.90 Å². The Morgan fingerprint density at radius 3 is 2.71 bits per heavy atom. The second kappa shape index (κ2) is 8.41. The molecule has 5 nitrogen and oxygen atoms in total. The Morgan fingerprint density at radius 1 is 1.00 bits per heavy atom. The summed E-state index contributed by atoms with van der Waals surface area (Å²) in [5, 5.41) is 0.658. The zero-order chi connectivity index (χ0) is 23.2. The predicted molar refractivity (Wildman–Crippen MR) is 136 cm³/mol. The van der Waals surface area contributed by atoms with Gasteiger partial charge < -0.3 is 9.80 Å². The number of rotatable bonds is 3. The molecule has 0 spiro atoms. The molecule has 1 amide bonds. The normalized spacial score (nSPS) is 19.6. The molecule has 2 fully saturated rings. The summed E-state index contributed by atoms with van der Waals surface area (Å²) in [6.45, 7) is 4.49. The van der Waals surface area contributed by atoms with Crippen LogP contribution in [0.1, 0.15) is 22.3 Å². The highest BCUT2D eigenvalue weighted by Gasteiger charge is 2.44. The molecule has 0 radical (unpaired) electrons. The number of aryl methyl sites for hydroxylation is 1. The Balaban J connectivity index is 1.26. The first-order valence-corrected chi connectivity index (χ1v) is 12.1. The quantitative estimate of drug-likeness (QED) is 0.392. The molecule has 0 unspecified atom stereocenters. The van der Waals surface area contributed by atoms with Gasteiger partial charge in [-0.3, -0.25) is 9.78 Å². The molecule has 6 heteroatoms. The van der Waals surface area contributed by atoms with Gasteiger partial charge in [0.05, 0.1) is 23.3 Å². The van der Waals surface area contributed by atoms with Crippen molar-refractivity contribution in [2.45, 2.75) is 19.4 Å². The van der Waals surface area contributed by atoms with Crippen molar-refractivity contribution in [2.24, 2.45) is 5.92 Å². The maximum atomic E-state index is 13.7. The summed E-state index contributed by atoms with van der Waals surface area (Å²) in [6.07, 6.45) is 2.83. The number of hydrogen-bond donors (Lipinski definition) is 0. The zero-order valence-electron chi connectivity index (χ0n) is 19.0. The molecular weight excluding hydrogens is 444 g/mol. The molecule has 2 saturated heterocycles. The minimum atomic E-state index is 0.104. The molecule has 4 aromatic rings. The number of halogens is 1. The Morgan fingerprint density at radius 2 is 1.85 bits per heavy atom. The number of likely N-dealkylation sites (tertiary alicyclic amines) is 1. The van der Waals surface area contributed by atoms with Crippen LogP contribution in [0.3, 0.4) is 0 Å². The molecule has 6 rings (SSSR count). The van der Waals surface area contributed by atoms with Gasteiger partial charge in [-0.15, -0.1) is 0 Å². The van der Waals surface area contributed by atoms with E-state index in [9.17, 15) is 4.79 Å². The topological polar surface area (TPSA) is 49.3 Å². The third-order valence-electron chi connectivity index (χ3n) is 7.12. The number of nitrogens with zero attached hydrogens (tertiary/aromatic N) is 4. The van der Waals surface area contributed by atoms with Crippen LogP contribution in [-0.4, -0.2) is 46.5 Å². The van der Waals surface area contributed by atoms with Crippen molar-refractivity contribution in [3.63, 3.8) is 0 Å². The zero-order valence-corrected chi connectivity index (χ0v) is 19.7. The second-order valence-electron chi connectivity index (χ2n) is 9.30. The summed E-state index contributed by atoms with van der Waals surface area (Å²) in [5.41, 5.74) is 5.55. The lowest BCUT2D eigenvalue weighted by Gasteiger charge is -2.54. The van der Waals surface area contributed by atoms with Crippen LogP contribution in [0.5, 0.6) is 0 Å². The number of benzene rings is 3. The Bertz CT molecular complexity index is 1390. The number of carbonyl (C=O) groups is 1. The van der Waals surface area contributed by atoms with Gasteiger partial charge in [0.2, 0.25) is 0 Å². The maximum absolute atomic E-state index is 13.7. The van der Waals surface area contributed by atoms with Crippen molar-refractivity contribution in [1.29, 1.82) is 0 Å². The van der Waals surface area contributed by atoms with E-state index in [1.54, 1.807) is 0 Å². The number of anilines is 1. The first-order chi connectivity index (χ1) is 16.6. The molecule has 0 saturated carbocycles. The van der Waals surface area contributed by atoms with Gasteiger partial charge in [-0.2, -0.15) is 0 Å². The van der Waals surface area contributed by atoms with E-state index in [0.29, 0.717) is 17.5 Å². The van der Waals surface area contributed by atoms with Crippen LogP contribution in [0.4, 0.5) is 5.82 Å². The fourth-order valence-electron chi connectivity index (χ4n) is 5.23. The van der Waals surface area contributed by atoms with E-state index in [-0.39, 0.29) is 11.9 Å². The van der Waals surface area contributed by atoms with Gasteiger partial charge in [0.1, 0.15) is 5.82 Å². The van der Waals surface area contributed by atoms with Gasteiger partial charge in [0.25, 0.3) is 5.91 Å². The van der Waals surface area contributed by atoms with Crippen LogP contribution >= 0.6 is 11.6 Å². The molecule has 0 aliphatic carbocycles. The minimum Gasteiger partial charge on any atom is -0.350 e. The Hall–Kier alpha value is -3.44. The van der Waals surface area contributed by atoms with Crippen molar-refractivity contribution < 1.29 is 4.79 Å². The van der Waals surface area contributed by atoms with Crippen molar-refractivity contribution in [2.75, 3.05) is 24.5 Å². The molecule has 0 N–H and O–H groups in total. The highest BCUT2D eigenvalue weighted by atomic mass is 35.5. The van der Waals surface area contributed by atoms with Crippen molar-refractivity contribution in [1.82, 2.24) is 14.9 Å². The van der Waals surface area contributed by atoms with E-state index in [1.807, 2.05) is 60.5 Å². The lowest BCUT2D eigenvalue weighted by Crippen LogP contribution is -2.65. The van der Waals surface area contributed by atoms with E-state index < -0.39 is 0 Å². The van der Waals surface area contributed by atoms with Gasteiger partial charge in [-0.05, 0) is 48.7 Å². The van der Waals surface area contributed by atoms with E-state index in [1.165, 1.54) is 0 Å². The number of piperidine rings is 1. The molecule has 2 aliphatic rings. The predicted octanol–water partition coefficient (Wildman–Crippen LogP) is 5.61. The Kier molecular flexibility index (Phi) is 5.22. The molecule has 1 aromatic heterocycles. The molecule has 0 bridgehead atoms. The number of carbonyl (C=O) groups excluding carboxylic acids is 1. The van der Waals surface area contributed by atoms with Crippen LogP contribution in [0.2, 0.25) is 5.02 Å². The lowest BCUT2D eigenvalue weighted by molar-refractivity contribution is 0.0592. The van der Waals surface area contributed by atoms with E-state index >= 15 is 0 Å². The molecule has 3 heterocycles. The monoisotopic (exact) mass is 468 g/mol. The molecule has 170 valence electrons. The molecule has 2 aliphatic heterocycles. The fraction of sp³-hybridized carbons (Fsp3) is 0.250. The molecular formula is C28H25ClN4O. The standard InChI is InChI=1S/C28H25ClN4O/c1-18-7-9-22(19-5-3-2-4-6-19)23(13-18)28(34)32-12-11-20-16-33(26(20)17-32)27-15-30-25-14-21(29)8-10-24(25)31-27/h2-10,13-15,20,26H,11-12,16-17H2,1H3/t20-,26-/m0/s1. The van der Waals surface area contributed by atoms with Crippen LogP contribution in [0.25, 0.3) is 22.2 Å². The second-order valence-corrected chi connectivity index (χ2v) is 9.73. The third kappa shape index (κ3) is 3.70. The minimum absolute atomic E-state index is 0.104. The third-order valence-corrected chi connectivity index (χ3v) is 7.35. The van der Waals surface area contributed by atoms with Crippen LogP contribution in [0, 0.1) is 12.8 Å². The summed E-state index contributed by atoms with van der Waals surface area (Å²) in [6, 6.07) is 22.2. The van der Waals surface area contributed by atoms with Crippen LogP contribution in [0.15, 0.2) is 72.9 Å². The van der Waals surface area contributed by atoms with E-state index in [2.05, 4.69) is 34.1 Å². The highest BCUT2D eigenvalue weighted by Crippen LogP contribution is 2.37. The van der Waals surface area contributed by atoms with Gasteiger partial charge in [0.15, 0.2) is 0 Å². The maximum Gasteiger partial charge on any atom is 0.254 e. The smallest absolute Gasteiger partial charge is 0.254 e. The molecule has 3 aromatic carbocycles. The first kappa shape index (κ1) is 21.1. The molecule has 2 atom stereocenters. The summed E-state index contributed by atoms with van der Waals surface area (Å²) >= 11 is 6.09. The molecule has 34 heavy (non-hydrogen) atoms. The SMILES string of the molecule is Cc1ccc(-c2ccccc2)c(C(=O)N2CC[C@H]3CN(c4cnc5cc(Cl)ccc5n4)[C@H]3C2)c1. The lowest BCUT2D eigenvalue weighted by atomic mass is 9.82. The van der Waals surface area contributed by atoms with Crippen molar-refractivity contribution in [3.05, 3.63) is 89.1 Å². The summed E-state index contributed by atoms with van der Waals surface area (Å²) in [4.78, 5) is 27.4. The summed E-state index contributed by atoms with van der Waals surface area (Å²) in [5.74, 6) is 1.55. The fourth-order valence-corrected chi connectivity index (χ4v) is 5.40. The number of amides is 1.